The molecular formula is C8H17N2O3+. The van der Waals surface area contributed by atoms with Gasteiger partial charge in [0.25, 0.3) is 0 Å². The number of carbonyl (C=O) groups is 2. The number of quaternary nitrogens is 1. The summed E-state index contributed by atoms with van der Waals surface area (Å²) in [7, 11) is 3.71. The molecule has 0 fully saturated rings. The normalized spacial score (nSPS) is 10.9. The fourth-order valence-corrected chi connectivity index (χ4v) is 1.11. The van der Waals surface area contributed by atoms with Crippen molar-refractivity contribution in [1.82, 2.24) is 5.32 Å². The Kier molecular flexibility index (Phi) is 5.06. The minimum absolute atomic E-state index is 0.112. The van der Waals surface area contributed by atoms with Crippen LogP contribution in [0.25, 0.3) is 0 Å². The first-order valence-electron chi connectivity index (χ1n) is 4.19. The van der Waals surface area contributed by atoms with E-state index in [1.165, 1.54) is 0 Å². The lowest BCUT2D eigenvalue weighted by Crippen LogP contribution is -2.45. The minimum atomic E-state index is -0.798. The molecule has 1 amide bonds. The molecular weight excluding hydrogens is 172 g/mol. The van der Waals surface area contributed by atoms with Crippen molar-refractivity contribution >= 4 is 12.4 Å². The Morgan fingerprint density at radius 2 is 2.15 bits per heavy atom. The van der Waals surface area contributed by atoms with E-state index in [0.717, 1.165) is 13.0 Å². The molecule has 0 aromatic heterocycles. The third-order valence-electron chi connectivity index (χ3n) is 1.73. The number of carboxylic acid groups (broad SMARTS) is 1. The Balaban J connectivity index is 3.62. The standard InChI is InChI=1S/C8H16N2O3/c1-10(2,6-8(12)13)5-3-4-9-7-11/h7H,3-6H2,1-2H3,(H-,9,11,12,13)/p+1. The number of aliphatic carboxylic acids is 1. The molecule has 0 radical (unpaired) electrons. The molecule has 76 valence electrons. The van der Waals surface area contributed by atoms with Gasteiger partial charge in [0.1, 0.15) is 0 Å². The Labute approximate surface area is 77.9 Å². The highest BCUT2D eigenvalue weighted by molar-refractivity contribution is 5.67. The summed E-state index contributed by atoms with van der Waals surface area (Å²) in [5.74, 6) is -0.798. The largest absolute Gasteiger partial charge is 0.477 e. The summed E-state index contributed by atoms with van der Waals surface area (Å²) in [5, 5.41) is 11.1. The lowest BCUT2D eigenvalue weighted by Gasteiger charge is -2.27. The number of hydrogen-bond donors (Lipinski definition) is 2. The van der Waals surface area contributed by atoms with Crippen LogP contribution in [0.1, 0.15) is 6.42 Å². The molecule has 0 rings (SSSR count). The molecule has 5 heteroatoms. The first-order chi connectivity index (χ1) is 5.98. The van der Waals surface area contributed by atoms with E-state index in [0.29, 0.717) is 17.4 Å². The van der Waals surface area contributed by atoms with Gasteiger partial charge in [0.2, 0.25) is 6.41 Å². The number of carboxylic acids is 1. The van der Waals surface area contributed by atoms with Crippen LogP contribution < -0.4 is 5.32 Å². The van der Waals surface area contributed by atoms with Gasteiger partial charge in [-0.2, -0.15) is 0 Å². The molecule has 0 aliphatic heterocycles. The smallest absolute Gasteiger partial charge is 0.359 e. The molecule has 2 N–H and O–H groups in total. The van der Waals surface area contributed by atoms with E-state index in [1.54, 1.807) is 0 Å². The maximum Gasteiger partial charge on any atom is 0.359 e. The van der Waals surface area contributed by atoms with Crippen molar-refractivity contribution in [2.24, 2.45) is 0 Å². The van der Waals surface area contributed by atoms with Crippen molar-refractivity contribution in [3.63, 3.8) is 0 Å². The molecule has 0 heterocycles. The molecule has 0 bridgehead atoms. The summed E-state index contributed by atoms with van der Waals surface area (Å²) < 4.78 is 0.440. The molecule has 0 aliphatic carbocycles. The van der Waals surface area contributed by atoms with Crippen LogP contribution in [-0.4, -0.2) is 55.7 Å². The maximum atomic E-state index is 10.4. The maximum absolute atomic E-state index is 10.4. The summed E-state index contributed by atoms with van der Waals surface area (Å²) in [4.78, 5) is 20.3. The summed E-state index contributed by atoms with van der Waals surface area (Å²) in [6, 6.07) is 0. The van der Waals surface area contributed by atoms with Crippen molar-refractivity contribution in [3.8, 4) is 0 Å². The van der Waals surface area contributed by atoms with Crippen LogP contribution in [0.4, 0.5) is 0 Å². The lowest BCUT2D eigenvalue weighted by atomic mass is 10.3. The molecule has 0 aromatic rings. The third kappa shape index (κ3) is 7.27. The van der Waals surface area contributed by atoms with Gasteiger partial charge in [-0.1, -0.05) is 0 Å². The highest BCUT2D eigenvalue weighted by atomic mass is 16.4. The van der Waals surface area contributed by atoms with Crippen molar-refractivity contribution in [3.05, 3.63) is 0 Å². The van der Waals surface area contributed by atoms with Gasteiger partial charge < -0.3 is 14.9 Å². The highest BCUT2D eigenvalue weighted by Gasteiger charge is 2.18. The lowest BCUT2D eigenvalue weighted by molar-refractivity contribution is -0.883. The fraction of sp³-hybridized carbons (Fsp3) is 0.750. The summed E-state index contributed by atoms with van der Waals surface area (Å²) in [6.45, 7) is 1.46. The van der Waals surface area contributed by atoms with Gasteiger partial charge in [-0.3, -0.25) is 4.79 Å². The zero-order valence-electron chi connectivity index (χ0n) is 8.12. The van der Waals surface area contributed by atoms with Gasteiger partial charge in [0, 0.05) is 13.0 Å². The van der Waals surface area contributed by atoms with E-state index in [1.807, 2.05) is 14.1 Å². The van der Waals surface area contributed by atoms with Gasteiger partial charge in [-0.15, -0.1) is 0 Å². The molecule has 0 unspecified atom stereocenters. The zero-order chi connectivity index (χ0) is 10.3. The Morgan fingerprint density at radius 1 is 1.54 bits per heavy atom. The monoisotopic (exact) mass is 189 g/mol. The summed E-state index contributed by atoms with van der Waals surface area (Å²) >= 11 is 0. The average Bonchev–Trinajstić information content (AvgIpc) is 1.95. The number of nitrogens with zero attached hydrogens (tertiary/aromatic N) is 1. The average molecular weight is 189 g/mol. The van der Waals surface area contributed by atoms with Crippen molar-refractivity contribution in [2.75, 3.05) is 33.7 Å². The molecule has 13 heavy (non-hydrogen) atoms. The first kappa shape index (κ1) is 11.9. The SMILES string of the molecule is C[N+](C)(CCCNC=O)CC(=O)O. The molecule has 0 atom stereocenters. The van der Waals surface area contributed by atoms with Crippen molar-refractivity contribution in [2.45, 2.75) is 6.42 Å². The van der Waals surface area contributed by atoms with Gasteiger partial charge in [0.15, 0.2) is 6.54 Å². The van der Waals surface area contributed by atoms with E-state index >= 15 is 0 Å². The number of rotatable bonds is 7. The molecule has 0 spiro atoms. The van der Waals surface area contributed by atoms with Gasteiger partial charge in [0.05, 0.1) is 20.6 Å². The van der Waals surface area contributed by atoms with Crippen LogP contribution in [0.15, 0.2) is 0 Å². The molecule has 0 saturated heterocycles. The van der Waals surface area contributed by atoms with Crippen molar-refractivity contribution in [1.29, 1.82) is 0 Å². The van der Waals surface area contributed by atoms with Gasteiger partial charge >= 0.3 is 5.97 Å². The second-order valence-corrected chi connectivity index (χ2v) is 3.64. The van der Waals surface area contributed by atoms with E-state index in [2.05, 4.69) is 5.32 Å². The van der Waals surface area contributed by atoms with Gasteiger partial charge in [-0.05, 0) is 0 Å². The third-order valence-corrected chi connectivity index (χ3v) is 1.73. The fourth-order valence-electron chi connectivity index (χ4n) is 1.11. The molecule has 0 aromatic carbocycles. The Bertz CT molecular complexity index is 180. The van der Waals surface area contributed by atoms with E-state index in [9.17, 15) is 9.59 Å². The first-order valence-corrected chi connectivity index (χ1v) is 4.19. The van der Waals surface area contributed by atoms with E-state index in [4.69, 9.17) is 5.11 Å². The number of amides is 1. The number of likely N-dealkylation sites (N-methyl/N-ethyl adjacent to an activating group) is 1. The number of nitrogens with one attached hydrogen (secondary N) is 1. The van der Waals surface area contributed by atoms with Crippen LogP contribution in [0.3, 0.4) is 0 Å². The van der Waals surface area contributed by atoms with Crippen molar-refractivity contribution < 1.29 is 19.2 Å². The molecule has 5 nitrogen and oxygen atoms in total. The molecule has 0 aliphatic rings. The highest BCUT2D eigenvalue weighted by Crippen LogP contribution is 1.97. The second kappa shape index (κ2) is 5.53. The van der Waals surface area contributed by atoms with Crippen LogP contribution in [0, 0.1) is 0 Å². The zero-order valence-corrected chi connectivity index (χ0v) is 8.12. The summed E-state index contributed by atoms with van der Waals surface area (Å²) in [5.41, 5.74) is 0. The van der Waals surface area contributed by atoms with Crippen LogP contribution in [0.2, 0.25) is 0 Å². The minimum Gasteiger partial charge on any atom is -0.477 e. The predicted molar refractivity (Wildman–Crippen MR) is 48.2 cm³/mol. The quantitative estimate of drug-likeness (QED) is 0.316. The van der Waals surface area contributed by atoms with Crippen LogP contribution in [-0.2, 0) is 9.59 Å². The number of carbonyl (C=O) groups excluding carboxylic acids is 1. The second-order valence-electron chi connectivity index (χ2n) is 3.64. The Morgan fingerprint density at radius 3 is 2.62 bits per heavy atom. The summed E-state index contributed by atoms with van der Waals surface area (Å²) in [6.07, 6.45) is 1.44. The van der Waals surface area contributed by atoms with E-state index in [-0.39, 0.29) is 6.54 Å². The van der Waals surface area contributed by atoms with Crippen LogP contribution in [0.5, 0.6) is 0 Å². The predicted octanol–water partition coefficient (Wildman–Crippen LogP) is -0.716. The van der Waals surface area contributed by atoms with Crippen LogP contribution >= 0.6 is 0 Å². The molecule has 0 saturated carbocycles. The number of hydrogen-bond acceptors (Lipinski definition) is 2. The van der Waals surface area contributed by atoms with E-state index < -0.39 is 5.97 Å². The Hall–Kier alpha value is -1.10. The topological polar surface area (TPSA) is 66.4 Å². The van der Waals surface area contributed by atoms with Gasteiger partial charge in [-0.25, -0.2) is 4.79 Å².